The van der Waals surface area contributed by atoms with Crippen molar-refractivity contribution in [2.45, 2.75) is 6.92 Å². The number of aryl methyl sites for hydroxylation is 1. The second kappa shape index (κ2) is 11.6. The molecule has 186 valence electrons. The lowest BCUT2D eigenvalue weighted by molar-refractivity contribution is 0.352. The third-order valence-corrected chi connectivity index (χ3v) is 7.67. The number of anilines is 1. The Hall–Kier alpha value is -3.26. The molecule has 0 fully saturated rings. The minimum Gasteiger partial charge on any atom is -0.383 e. The van der Waals surface area contributed by atoms with Crippen LogP contribution in [0.1, 0.15) is 11.1 Å². The van der Waals surface area contributed by atoms with Gasteiger partial charge < -0.3 is 15.5 Å². The van der Waals surface area contributed by atoms with E-state index < -0.39 is 0 Å². The second-order valence-corrected chi connectivity index (χ2v) is 10.1. The van der Waals surface area contributed by atoms with Gasteiger partial charge in [-0.25, -0.2) is 0 Å². The maximum absolute atomic E-state index is 13.3. The topological polar surface area (TPSA) is 69.1 Å². The normalized spacial score (nSPS) is 11.9. The van der Waals surface area contributed by atoms with Gasteiger partial charge in [-0.15, -0.1) is 11.3 Å². The van der Waals surface area contributed by atoms with Crippen molar-refractivity contribution >= 4 is 67.0 Å². The predicted octanol–water partition coefficient (Wildman–Crippen LogP) is 5.72. The highest BCUT2D eigenvalue weighted by molar-refractivity contribution is 7.24. The van der Waals surface area contributed by atoms with E-state index in [4.69, 9.17) is 11.6 Å². The van der Waals surface area contributed by atoms with Crippen LogP contribution in [0.15, 0.2) is 69.4 Å². The summed E-state index contributed by atoms with van der Waals surface area (Å²) in [7, 11) is 3.82. The first kappa shape index (κ1) is 25.8. The van der Waals surface area contributed by atoms with Gasteiger partial charge in [-0.3, -0.25) is 14.8 Å². The summed E-state index contributed by atoms with van der Waals surface area (Å²) < 4.78 is 2.07. The molecule has 0 saturated carbocycles. The monoisotopic (exact) mass is 519 g/mol. The molecule has 0 bridgehead atoms. The lowest BCUT2D eigenvalue weighted by atomic mass is 10.1. The Morgan fingerprint density at radius 2 is 1.89 bits per heavy atom. The number of halogens is 1. The van der Waals surface area contributed by atoms with Gasteiger partial charge in [-0.2, -0.15) is 0 Å². The van der Waals surface area contributed by atoms with Crippen LogP contribution in [0.5, 0.6) is 0 Å². The first-order valence-corrected chi connectivity index (χ1v) is 13.0. The van der Waals surface area contributed by atoms with Gasteiger partial charge in [0, 0.05) is 64.3 Å². The van der Waals surface area contributed by atoms with Crippen LogP contribution < -0.4 is 16.1 Å². The average molecular weight is 520 g/mol. The zero-order chi connectivity index (χ0) is 25.7. The molecule has 0 aliphatic carbocycles. The van der Waals surface area contributed by atoms with Crippen molar-refractivity contribution in [2.24, 2.45) is 9.98 Å². The fourth-order valence-corrected chi connectivity index (χ4v) is 5.51. The Kier molecular flexibility index (Phi) is 8.36. The lowest BCUT2D eigenvalue weighted by Gasteiger charge is -2.19. The molecule has 4 rings (SSSR count). The van der Waals surface area contributed by atoms with Crippen molar-refractivity contribution in [3.05, 3.63) is 81.0 Å². The van der Waals surface area contributed by atoms with E-state index in [2.05, 4.69) is 52.3 Å². The number of nitrogens with one attached hydrogen (secondary N) is 2. The van der Waals surface area contributed by atoms with E-state index in [0.29, 0.717) is 17.3 Å². The summed E-state index contributed by atoms with van der Waals surface area (Å²) >= 11 is 7.75. The Morgan fingerprint density at radius 3 is 2.67 bits per heavy atom. The molecule has 0 amide bonds. The number of hydrogen-bond acceptors (Lipinski definition) is 6. The van der Waals surface area contributed by atoms with Gasteiger partial charge in [0.25, 0.3) is 0 Å². The molecule has 8 heteroatoms. The highest BCUT2D eigenvalue weighted by atomic mass is 35.5. The summed E-state index contributed by atoms with van der Waals surface area (Å²) in [5.41, 5.74) is 3.67. The summed E-state index contributed by atoms with van der Waals surface area (Å²) in [6.45, 7) is 8.77. The Bertz CT molecular complexity index is 1500. The van der Waals surface area contributed by atoms with Crippen LogP contribution in [0, 0.1) is 6.92 Å². The molecule has 3 aromatic carbocycles. The standard InChI is InChI=1S/C28H30ClN5OS/c1-18-9-12-22(25-26(35)21-7-5-6-8-24(21)36-27(18)25)32-13-15-34(4)16-14-33-28(31-3)20-11-10-19(29)17-23(20)30-2/h5-12,17,32H,2,13-16H2,1,3-4H3,(H,31,33). The number of benzene rings is 3. The van der Waals surface area contributed by atoms with Crippen molar-refractivity contribution in [1.82, 2.24) is 10.2 Å². The Labute approximate surface area is 220 Å². The number of aliphatic imine (C=N–C) groups is 2. The molecule has 0 unspecified atom stereocenters. The number of hydrogen-bond donors (Lipinski definition) is 2. The highest BCUT2D eigenvalue weighted by Gasteiger charge is 2.13. The largest absolute Gasteiger partial charge is 0.383 e. The zero-order valence-corrected chi connectivity index (χ0v) is 22.3. The third-order valence-electron chi connectivity index (χ3n) is 6.13. The van der Waals surface area contributed by atoms with E-state index >= 15 is 0 Å². The van der Waals surface area contributed by atoms with Gasteiger partial charge in [0.1, 0.15) is 5.84 Å². The van der Waals surface area contributed by atoms with Crippen LogP contribution >= 0.6 is 22.9 Å². The molecule has 0 aliphatic rings. The average Bonchev–Trinajstić information content (AvgIpc) is 2.88. The molecule has 0 aliphatic heterocycles. The molecule has 0 saturated heterocycles. The van der Waals surface area contributed by atoms with E-state index in [1.165, 1.54) is 0 Å². The zero-order valence-electron chi connectivity index (χ0n) is 20.8. The molecule has 0 radical (unpaired) electrons. The molecule has 4 aromatic rings. The van der Waals surface area contributed by atoms with E-state index in [-0.39, 0.29) is 5.43 Å². The smallest absolute Gasteiger partial charge is 0.197 e. The SMILES string of the molecule is C=Nc1cc(Cl)ccc1/C(=N\C)NCCN(C)CCNc1ccc(C)c2sc3ccccc3c(=O)c12. The number of fused-ring (bicyclic) bond motifs is 2. The van der Waals surface area contributed by atoms with Gasteiger partial charge in [0.2, 0.25) is 0 Å². The lowest BCUT2D eigenvalue weighted by Crippen LogP contribution is -2.35. The number of likely N-dealkylation sites (N-methyl/N-ethyl adjacent to an activating group) is 1. The Balaban J connectivity index is 1.37. The van der Waals surface area contributed by atoms with Crippen LogP contribution in [0.2, 0.25) is 5.02 Å². The van der Waals surface area contributed by atoms with Crippen LogP contribution in [-0.4, -0.2) is 57.7 Å². The number of nitrogens with zero attached hydrogens (tertiary/aromatic N) is 3. The molecular formula is C28H30ClN5OS. The summed E-state index contributed by atoms with van der Waals surface area (Å²) in [6, 6.07) is 17.4. The van der Waals surface area contributed by atoms with Gasteiger partial charge in [-0.05, 0) is 62.7 Å². The van der Waals surface area contributed by atoms with E-state index in [1.807, 2.05) is 42.5 Å². The fourth-order valence-electron chi connectivity index (χ4n) is 4.17. The van der Waals surface area contributed by atoms with E-state index in [9.17, 15) is 4.79 Å². The highest BCUT2D eigenvalue weighted by Crippen LogP contribution is 2.31. The summed E-state index contributed by atoms with van der Waals surface area (Å²) in [6.07, 6.45) is 0. The second-order valence-electron chi connectivity index (χ2n) is 8.61. The van der Waals surface area contributed by atoms with Gasteiger partial charge in [0.05, 0.1) is 11.1 Å². The van der Waals surface area contributed by atoms with Crippen molar-refractivity contribution in [1.29, 1.82) is 0 Å². The minimum atomic E-state index is 0.0880. The summed E-state index contributed by atoms with van der Waals surface area (Å²) in [4.78, 5) is 24.0. The molecule has 36 heavy (non-hydrogen) atoms. The van der Waals surface area contributed by atoms with Crippen molar-refractivity contribution in [2.75, 3.05) is 45.6 Å². The molecular weight excluding hydrogens is 490 g/mol. The van der Waals surface area contributed by atoms with Gasteiger partial charge in [0.15, 0.2) is 5.43 Å². The maximum Gasteiger partial charge on any atom is 0.197 e. The van der Waals surface area contributed by atoms with Crippen molar-refractivity contribution in [3.63, 3.8) is 0 Å². The fraction of sp³-hybridized carbons (Fsp3) is 0.250. The Morgan fingerprint density at radius 1 is 1.11 bits per heavy atom. The van der Waals surface area contributed by atoms with Crippen LogP contribution in [-0.2, 0) is 0 Å². The maximum atomic E-state index is 13.3. The quantitative estimate of drug-likeness (QED) is 0.169. The van der Waals surface area contributed by atoms with Crippen molar-refractivity contribution < 1.29 is 0 Å². The molecule has 1 heterocycles. The number of rotatable bonds is 9. The molecule has 0 spiro atoms. The van der Waals surface area contributed by atoms with E-state index in [1.54, 1.807) is 24.5 Å². The summed E-state index contributed by atoms with van der Waals surface area (Å²) in [5.74, 6) is 0.753. The van der Waals surface area contributed by atoms with Crippen LogP contribution in [0.4, 0.5) is 11.4 Å². The van der Waals surface area contributed by atoms with Crippen LogP contribution in [0.25, 0.3) is 20.2 Å². The van der Waals surface area contributed by atoms with Gasteiger partial charge >= 0.3 is 0 Å². The molecule has 6 nitrogen and oxygen atoms in total. The predicted molar refractivity (Wildman–Crippen MR) is 157 cm³/mol. The van der Waals surface area contributed by atoms with Gasteiger partial charge in [-0.1, -0.05) is 29.8 Å². The minimum absolute atomic E-state index is 0.0880. The van der Waals surface area contributed by atoms with Crippen LogP contribution in [0.3, 0.4) is 0 Å². The summed E-state index contributed by atoms with van der Waals surface area (Å²) in [5, 5.41) is 9.05. The molecule has 0 atom stereocenters. The molecule has 1 aromatic heterocycles. The van der Waals surface area contributed by atoms with Crippen molar-refractivity contribution in [3.8, 4) is 0 Å². The third kappa shape index (κ3) is 5.59. The first-order chi connectivity index (χ1) is 17.4. The van der Waals surface area contributed by atoms with E-state index in [0.717, 1.165) is 62.5 Å². The first-order valence-electron chi connectivity index (χ1n) is 11.8. The number of amidine groups is 1. The molecule has 2 N–H and O–H groups in total.